The normalized spacial score (nSPS) is 13.9. The number of amides is 2. The van der Waals surface area contributed by atoms with Crippen LogP contribution < -0.4 is 10.2 Å². The van der Waals surface area contributed by atoms with Crippen LogP contribution in [0.25, 0.3) is 22.3 Å². The minimum Gasteiger partial charge on any atom is -0.351 e. The van der Waals surface area contributed by atoms with E-state index in [0.29, 0.717) is 48.7 Å². The van der Waals surface area contributed by atoms with Gasteiger partial charge in [-0.3, -0.25) is 0 Å². The number of aryl methyl sites for hydroxylation is 1. The molecule has 4 aromatic rings. The number of nitrogens with one attached hydrogen (secondary N) is 1. The SMILES string of the molecule is Cc1cccc(NC(=O)N2CCN(c3ncnc4ccc(-c5ccc(F)cc5F)nc34)CC2)c1. The van der Waals surface area contributed by atoms with Crippen molar-refractivity contribution in [2.45, 2.75) is 6.92 Å². The summed E-state index contributed by atoms with van der Waals surface area (Å²) in [5.74, 6) is -0.707. The molecule has 5 rings (SSSR count). The fraction of sp³-hybridized carbons (Fsp3) is 0.200. The van der Waals surface area contributed by atoms with Gasteiger partial charge in [-0.15, -0.1) is 0 Å². The first-order chi connectivity index (χ1) is 16.5. The quantitative estimate of drug-likeness (QED) is 0.483. The van der Waals surface area contributed by atoms with Crippen molar-refractivity contribution in [2.75, 3.05) is 36.4 Å². The Bertz CT molecular complexity index is 1370. The molecule has 1 aliphatic heterocycles. The van der Waals surface area contributed by atoms with Crippen LogP contribution in [0.15, 0.2) is 60.9 Å². The number of benzene rings is 2. The maximum absolute atomic E-state index is 14.3. The molecular weight excluding hydrogens is 438 g/mol. The number of carbonyl (C=O) groups excluding carboxylic acids is 1. The van der Waals surface area contributed by atoms with Gasteiger partial charge in [0, 0.05) is 43.5 Å². The number of pyridine rings is 1. The number of anilines is 2. The van der Waals surface area contributed by atoms with Crippen LogP contribution in [0.2, 0.25) is 0 Å². The fourth-order valence-electron chi connectivity index (χ4n) is 4.05. The lowest BCUT2D eigenvalue weighted by atomic mass is 10.1. The van der Waals surface area contributed by atoms with Gasteiger partial charge in [-0.1, -0.05) is 12.1 Å². The van der Waals surface area contributed by atoms with Crippen molar-refractivity contribution in [3.8, 4) is 11.3 Å². The van der Waals surface area contributed by atoms with E-state index in [0.717, 1.165) is 17.3 Å². The second kappa shape index (κ2) is 9.01. The number of fused-ring (bicyclic) bond motifs is 1. The summed E-state index contributed by atoms with van der Waals surface area (Å²) in [4.78, 5) is 29.8. The Labute approximate surface area is 195 Å². The number of halogens is 2. The zero-order valence-electron chi connectivity index (χ0n) is 18.5. The highest BCUT2D eigenvalue weighted by Gasteiger charge is 2.24. The van der Waals surface area contributed by atoms with Crippen molar-refractivity contribution in [3.63, 3.8) is 0 Å². The van der Waals surface area contributed by atoms with Gasteiger partial charge in [0.2, 0.25) is 0 Å². The molecule has 0 aliphatic carbocycles. The molecule has 2 aromatic carbocycles. The summed E-state index contributed by atoms with van der Waals surface area (Å²) in [6, 6.07) is 14.3. The third-order valence-electron chi connectivity index (χ3n) is 5.81. The predicted molar refractivity (Wildman–Crippen MR) is 127 cm³/mol. The molecule has 1 N–H and O–H groups in total. The predicted octanol–water partition coefficient (Wildman–Crippen LogP) is 4.63. The van der Waals surface area contributed by atoms with E-state index in [-0.39, 0.29) is 11.6 Å². The number of aromatic nitrogens is 3. The molecule has 0 atom stereocenters. The summed E-state index contributed by atoms with van der Waals surface area (Å²) in [7, 11) is 0. The van der Waals surface area contributed by atoms with Gasteiger partial charge >= 0.3 is 6.03 Å². The monoisotopic (exact) mass is 460 g/mol. The second-order valence-electron chi connectivity index (χ2n) is 8.16. The highest BCUT2D eigenvalue weighted by Crippen LogP contribution is 2.28. The van der Waals surface area contributed by atoms with Crippen LogP contribution in [0.5, 0.6) is 0 Å². The van der Waals surface area contributed by atoms with Gasteiger partial charge in [-0.2, -0.15) is 0 Å². The molecule has 0 saturated carbocycles. The van der Waals surface area contributed by atoms with E-state index in [1.165, 1.54) is 18.5 Å². The van der Waals surface area contributed by atoms with Crippen molar-refractivity contribution in [3.05, 3.63) is 78.1 Å². The first kappa shape index (κ1) is 21.7. The lowest BCUT2D eigenvalue weighted by Crippen LogP contribution is -2.50. The molecule has 0 bridgehead atoms. The van der Waals surface area contributed by atoms with E-state index >= 15 is 0 Å². The maximum Gasteiger partial charge on any atom is 0.321 e. The maximum atomic E-state index is 14.3. The summed E-state index contributed by atoms with van der Waals surface area (Å²) in [5, 5.41) is 2.94. The van der Waals surface area contributed by atoms with E-state index in [1.54, 1.807) is 17.0 Å². The molecule has 0 radical (unpaired) electrons. The Balaban J connectivity index is 1.35. The van der Waals surface area contributed by atoms with E-state index in [9.17, 15) is 13.6 Å². The molecule has 2 amide bonds. The fourth-order valence-corrected chi connectivity index (χ4v) is 4.05. The van der Waals surface area contributed by atoms with Gasteiger partial charge in [0.25, 0.3) is 0 Å². The molecule has 7 nitrogen and oxygen atoms in total. The van der Waals surface area contributed by atoms with Crippen molar-refractivity contribution in [1.82, 2.24) is 19.9 Å². The first-order valence-electron chi connectivity index (χ1n) is 10.9. The molecule has 0 spiro atoms. The van der Waals surface area contributed by atoms with E-state index in [1.807, 2.05) is 36.1 Å². The largest absolute Gasteiger partial charge is 0.351 e. The number of nitrogens with zero attached hydrogens (tertiary/aromatic N) is 5. The van der Waals surface area contributed by atoms with E-state index in [2.05, 4.69) is 20.3 Å². The first-order valence-corrected chi connectivity index (χ1v) is 10.9. The number of rotatable bonds is 3. The third kappa shape index (κ3) is 4.36. The van der Waals surface area contributed by atoms with Gasteiger partial charge in [0.1, 0.15) is 23.5 Å². The second-order valence-corrected chi connectivity index (χ2v) is 8.16. The summed E-state index contributed by atoms with van der Waals surface area (Å²) < 4.78 is 27.7. The molecule has 1 saturated heterocycles. The number of urea groups is 1. The topological polar surface area (TPSA) is 74.2 Å². The molecule has 1 fully saturated rings. The number of hydrogen-bond donors (Lipinski definition) is 1. The lowest BCUT2D eigenvalue weighted by Gasteiger charge is -2.35. The summed E-state index contributed by atoms with van der Waals surface area (Å²) >= 11 is 0. The molecular formula is C25H22F2N6O. The third-order valence-corrected chi connectivity index (χ3v) is 5.81. The summed E-state index contributed by atoms with van der Waals surface area (Å²) in [6.07, 6.45) is 1.47. The highest BCUT2D eigenvalue weighted by molar-refractivity contribution is 5.90. The van der Waals surface area contributed by atoms with Crippen molar-refractivity contribution in [2.24, 2.45) is 0 Å². The molecule has 172 valence electrons. The van der Waals surface area contributed by atoms with Crippen LogP contribution in [0, 0.1) is 18.6 Å². The zero-order valence-corrected chi connectivity index (χ0v) is 18.5. The molecule has 3 heterocycles. The van der Waals surface area contributed by atoms with E-state index in [4.69, 9.17) is 0 Å². The van der Waals surface area contributed by atoms with Crippen LogP contribution in [0.1, 0.15) is 5.56 Å². The van der Waals surface area contributed by atoms with Crippen LogP contribution in [0.3, 0.4) is 0 Å². The molecule has 1 aliphatic rings. The van der Waals surface area contributed by atoms with Gasteiger partial charge < -0.3 is 15.1 Å². The summed E-state index contributed by atoms with van der Waals surface area (Å²) in [6.45, 7) is 4.11. The molecule has 0 unspecified atom stereocenters. The number of carbonyl (C=O) groups is 1. The van der Waals surface area contributed by atoms with Gasteiger partial charge in [-0.25, -0.2) is 28.5 Å². The summed E-state index contributed by atoms with van der Waals surface area (Å²) in [5.41, 5.74) is 3.56. The van der Waals surface area contributed by atoms with Crippen LogP contribution in [-0.4, -0.2) is 52.1 Å². The lowest BCUT2D eigenvalue weighted by molar-refractivity contribution is 0.208. The Morgan fingerprint density at radius 1 is 0.971 bits per heavy atom. The molecule has 2 aromatic heterocycles. The van der Waals surface area contributed by atoms with Crippen LogP contribution >= 0.6 is 0 Å². The highest BCUT2D eigenvalue weighted by atomic mass is 19.1. The van der Waals surface area contributed by atoms with Crippen LogP contribution in [0.4, 0.5) is 25.1 Å². The standard InChI is InChI=1S/C25H22F2N6O/c1-16-3-2-4-18(13-16)30-25(34)33-11-9-32(10-12-33)24-23-22(28-15-29-24)8-7-21(31-23)19-6-5-17(26)14-20(19)27/h2-8,13-15H,9-12H2,1H3,(H,30,34). The number of piperazine rings is 1. The van der Waals surface area contributed by atoms with Crippen molar-refractivity contribution in [1.29, 1.82) is 0 Å². The van der Waals surface area contributed by atoms with E-state index < -0.39 is 11.6 Å². The Morgan fingerprint density at radius 2 is 1.79 bits per heavy atom. The van der Waals surface area contributed by atoms with Crippen molar-refractivity contribution < 1.29 is 13.6 Å². The minimum atomic E-state index is -0.682. The Hall–Kier alpha value is -4.14. The Morgan fingerprint density at radius 3 is 2.56 bits per heavy atom. The average molecular weight is 460 g/mol. The Kier molecular flexibility index (Phi) is 5.75. The van der Waals surface area contributed by atoms with Crippen molar-refractivity contribution >= 4 is 28.6 Å². The zero-order chi connectivity index (χ0) is 23.7. The van der Waals surface area contributed by atoms with Gasteiger partial charge in [0.05, 0.1) is 11.2 Å². The molecule has 34 heavy (non-hydrogen) atoms. The van der Waals surface area contributed by atoms with Gasteiger partial charge in [-0.05, 0) is 48.9 Å². The van der Waals surface area contributed by atoms with Crippen LogP contribution in [-0.2, 0) is 0 Å². The smallest absolute Gasteiger partial charge is 0.321 e. The minimum absolute atomic E-state index is 0.148. The molecule has 9 heteroatoms. The number of hydrogen-bond acceptors (Lipinski definition) is 5. The average Bonchev–Trinajstić information content (AvgIpc) is 2.83. The van der Waals surface area contributed by atoms with Gasteiger partial charge in [0.15, 0.2) is 5.82 Å².